The zero-order valence-corrected chi connectivity index (χ0v) is 23.4. The third kappa shape index (κ3) is 5.41. The van der Waals surface area contributed by atoms with Crippen LogP contribution in [-0.4, -0.2) is 71.4 Å². The Hall–Kier alpha value is -3.33. The molecule has 39 heavy (non-hydrogen) atoms. The number of piperidine rings is 1. The van der Waals surface area contributed by atoms with Gasteiger partial charge < -0.3 is 24.7 Å². The van der Waals surface area contributed by atoms with E-state index in [0.29, 0.717) is 34.9 Å². The summed E-state index contributed by atoms with van der Waals surface area (Å²) in [7, 11) is 1.69. The van der Waals surface area contributed by atoms with Crippen molar-refractivity contribution in [3.05, 3.63) is 59.9 Å². The smallest absolute Gasteiger partial charge is 0.227 e. The minimum Gasteiger partial charge on any atom is -0.494 e. The lowest BCUT2D eigenvalue weighted by atomic mass is 10.0. The molecular formula is C30H35ClN6O2. The number of fused-ring (bicyclic) bond motifs is 1. The van der Waals surface area contributed by atoms with Crippen molar-refractivity contribution in [2.75, 3.05) is 43.5 Å². The Morgan fingerprint density at radius 3 is 2.62 bits per heavy atom. The van der Waals surface area contributed by atoms with E-state index in [0.717, 1.165) is 72.6 Å². The second-order valence-electron chi connectivity index (χ2n) is 10.6. The normalized spacial score (nSPS) is 20.9. The summed E-state index contributed by atoms with van der Waals surface area (Å²) in [6, 6.07) is 15.0. The van der Waals surface area contributed by atoms with Crippen molar-refractivity contribution < 1.29 is 9.47 Å². The highest BCUT2D eigenvalue weighted by Crippen LogP contribution is 2.36. The fourth-order valence-corrected chi connectivity index (χ4v) is 6.18. The number of hydrogen-bond donors (Lipinski definition) is 2. The van der Waals surface area contributed by atoms with Crippen LogP contribution in [0.25, 0.3) is 22.2 Å². The number of aromatic nitrogens is 3. The van der Waals surface area contributed by atoms with Gasteiger partial charge in [0.25, 0.3) is 0 Å². The van der Waals surface area contributed by atoms with Crippen LogP contribution in [0.2, 0.25) is 5.02 Å². The van der Waals surface area contributed by atoms with Gasteiger partial charge in [0.15, 0.2) is 0 Å². The average molecular weight is 547 g/mol. The molecule has 2 unspecified atom stereocenters. The first kappa shape index (κ1) is 25.9. The van der Waals surface area contributed by atoms with Gasteiger partial charge in [0.1, 0.15) is 5.75 Å². The second-order valence-corrected chi connectivity index (χ2v) is 11.0. The monoisotopic (exact) mass is 546 g/mol. The van der Waals surface area contributed by atoms with Gasteiger partial charge in [-0.1, -0.05) is 29.8 Å². The van der Waals surface area contributed by atoms with Crippen molar-refractivity contribution in [2.45, 2.75) is 44.9 Å². The minimum atomic E-state index is 0.305. The number of benzene rings is 2. The number of nitrogens with zero attached hydrogens (tertiary/aromatic N) is 4. The molecule has 2 aromatic heterocycles. The van der Waals surface area contributed by atoms with Crippen LogP contribution >= 0.6 is 11.6 Å². The number of anilines is 3. The summed E-state index contributed by atoms with van der Waals surface area (Å²) >= 11 is 6.52. The minimum absolute atomic E-state index is 0.305. The summed E-state index contributed by atoms with van der Waals surface area (Å²) in [4.78, 5) is 17.6. The highest BCUT2D eigenvalue weighted by Gasteiger charge is 2.30. The van der Waals surface area contributed by atoms with Crippen LogP contribution < -0.4 is 15.0 Å². The van der Waals surface area contributed by atoms with Gasteiger partial charge in [0.2, 0.25) is 5.95 Å². The molecule has 9 heteroatoms. The summed E-state index contributed by atoms with van der Waals surface area (Å²) in [5.41, 5.74) is 4.62. The molecule has 0 aliphatic carbocycles. The molecule has 4 aromatic rings. The third-order valence-electron chi connectivity index (χ3n) is 7.81. The number of para-hydroxylation sites is 1. The van der Waals surface area contributed by atoms with Crippen LogP contribution in [0, 0.1) is 0 Å². The number of ether oxygens (including phenoxy) is 2. The van der Waals surface area contributed by atoms with Crippen molar-refractivity contribution in [1.82, 2.24) is 19.9 Å². The second kappa shape index (κ2) is 11.0. The Labute approximate surface area is 234 Å². The number of halogens is 1. The quantitative estimate of drug-likeness (QED) is 0.302. The maximum atomic E-state index is 6.52. The molecule has 204 valence electrons. The van der Waals surface area contributed by atoms with Crippen molar-refractivity contribution in [3.8, 4) is 17.0 Å². The van der Waals surface area contributed by atoms with Crippen molar-refractivity contribution in [1.29, 1.82) is 0 Å². The van der Waals surface area contributed by atoms with Crippen molar-refractivity contribution in [2.24, 2.45) is 0 Å². The molecule has 2 N–H and O–H groups in total. The van der Waals surface area contributed by atoms with Gasteiger partial charge in [-0.2, -0.15) is 0 Å². The molecule has 2 fully saturated rings. The zero-order valence-electron chi connectivity index (χ0n) is 22.7. The highest BCUT2D eigenvalue weighted by molar-refractivity contribution is 6.33. The van der Waals surface area contributed by atoms with E-state index in [9.17, 15) is 0 Å². The van der Waals surface area contributed by atoms with Gasteiger partial charge >= 0.3 is 0 Å². The van der Waals surface area contributed by atoms with E-state index in [-0.39, 0.29) is 0 Å². The average Bonchev–Trinajstić information content (AvgIpc) is 3.38. The highest BCUT2D eigenvalue weighted by atomic mass is 35.5. The number of H-pyrrole nitrogens is 1. The standard InChI is InChI=1S/C30H35ClN6O2/c1-19-17-37(18-20(2)39-19)21-10-12-36(13-11-21)22-8-9-27(28(14-22)38-3)34-30-33-16-25(31)29(35-30)24-15-32-26-7-5-4-6-23(24)26/h4-9,14-16,19-21,32H,10-13,17-18H2,1-3H3,(H,33,34,35). The maximum absolute atomic E-state index is 6.52. The summed E-state index contributed by atoms with van der Waals surface area (Å²) in [5.74, 6) is 1.21. The van der Waals surface area contributed by atoms with E-state index in [2.05, 4.69) is 57.1 Å². The molecule has 0 amide bonds. The Morgan fingerprint density at radius 1 is 1.08 bits per heavy atom. The van der Waals surface area contributed by atoms with E-state index in [1.165, 1.54) is 0 Å². The lowest BCUT2D eigenvalue weighted by Gasteiger charge is -2.44. The number of rotatable bonds is 6. The maximum Gasteiger partial charge on any atom is 0.227 e. The molecule has 0 radical (unpaired) electrons. The fraction of sp³-hybridized carbons (Fsp3) is 0.400. The lowest BCUT2D eigenvalue weighted by molar-refractivity contribution is -0.0826. The van der Waals surface area contributed by atoms with E-state index >= 15 is 0 Å². The Bertz CT molecular complexity index is 1440. The van der Waals surface area contributed by atoms with Gasteiger partial charge in [-0.3, -0.25) is 4.90 Å². The zero-order chi connectivity index (χ0) is 26.9. The van der Waals surface area contributed by atoms with Crippen LogP contribution in [0.3, 0.4) is 0 Å². The first-order valence-corrected chi connectivity index (χ1v) is 14.0. The molecule has 4 heterocycles. The molecule has 6 rings (SSSR count). The number of hydrogen-bond acceptors (Lipinski definition) is 7. The van der Waals surface area contributed by atoms with Gasteiger partial charge in [-0.15, -0.1) is 0 Å². The molecule has 0 spiro atoms. The van der Waals surface area contributed by atoms with Crippen LogP contribution in [0.5, 0.6) is 5.75 Å². The van der Waals surface area contributed by atoms with E-state index in [1.54, 1.807) is 13.3 Å². The summed E-state index contributed by atoms with van der Waals surface area (Å²) in [5, 5.41) is 4.90. The fourth-order valence-electron chi connectivity index (χ4n) is 5.99. The summed E-state index contributed by atoms with van der Waals surface area (Å²) in [6.45, 7) is 8.45. The van der Waals surface area contributed by atoms with Crippen molar-refractivity contribution >= 4 is 39.8 Å². The molecule has 2 aromatic carbocycles. The van der Waals surface area contributed by atoms with Crippen LogP contribution in [0.1, 0.15) is 26.7 Å². The van der Waals surface area contributed by atoms with E-state index < -0.39 is 0 Å². The molecular weight excluding hydrogens is 512 g/mol. The lowest BCUT2D eigenvalue weighted by Crippen LogP contribution is -2.53. The van der Waals surface area contributed by atoms with Gasteiger partial charge in [-0.25, -0.2) is 9.97 Å². The number of aromatic amines is 1. The van der Waals surface area contributed by atoms with Crippen LogP contribution in [-0.2, 0) is 4.74 Å². The SMILES string of the molecule is COc1cc(N2CCC(N3CC(C)OC(C)C3)CC2)ccc1Nc1ncc(Cl)c(-c2c[nH]c3ccccc23)n1. The van der Waals surface area contributed by atoms with E-state index in [1.807, 2.05) is 30.5 Å². The number of morpholine rings is 1. The Morgan fingerprint density at radius 2 is 1.85 bits per heavy atom. The Kier molecular flexibility index (Phi) is 7.34. The largest absolute Gasteiger partial charge is 0.494 e. The predicted molar refractivity (Wildman–Crippen MR) is 157 cm³/mol. The first-order valence-electron chi connectivity index (χ1n) is 13.7. The third-order valence-corrected chi connectivity index (χ3v) is 8.09. The van der Waals surface area contributed by atoms with Crippen LogP contribution in [0.4, 0.5) is 17.3 Å². The summed E-state index contributed by atoms with van der Waals surface area (Å²) in [6.07, 6.45) is 6.47. The summed E-state index contributed by atoms with van der Waals surface area (Å²) < 4.78 is 11.7. The molecule has 2 aliphatic heterocycles. The predicted octanol–water partition coefficient (Wildman–Crippen LogP) is 6.11. The molecule has 0 saturated carbocycles. The molecule has 0 bridgehead atoms. The molecule has 2 atom stereocenters. The number of nitrogens with one attached hydrogen (secondary N) is 2. The molecule has 2 saturated heterocycles. The van der Waals surface area contributed by atoms with Gasteiger partial charge in [-0.05, 0) is 44.9 Å². The topological polar surface area (TPSA) is 78.5 Å². The van der Waals surface area contributed by atoms with Gasteiger partial charge in [0.05, 0.1) is 41.9 Å². The first-order chi connectivity index (χ1) is 19.0. The Balaban J connectivity index is 1.16. The van der Waals surface area contributed by atoms with E-state index in [4.69, 9.17) is 26.1 Å². The molecule has 2 aliphatic rings. The van der Waals surface area contributed by atoms with Crippen molar-refractivity contribution in [3.63, 3.8) is 0 Å². The van der Waals surface area contributed by atoms with Gasteiger partial charge in [0, 0.05) is 66.6 Å². The number of methoxy groups -OCH3 is 1. The van der Waals surface area contributed by atoms with Crippen LogP contribution in [0.15, 0.2) is 54.9 Å². The molecule has 8 nitrogen and oxygen atoms in total.